The van der Waals surface area contributed by atoms with E-state index in [1.807, 2.05) is 38.1 Å². The van der Waals surface area contributed by atoms with Crippen LogP contribution < -0.4 is 0 Å². The summed E-state index contributed by atoms with van der Waals surface area (Å²) in [4.78, 5) is 42.0. The van der Waals surface area contributed by atoms with E-state index in [2.05, 4.69) is 24.3 Å². The summed E-state index contributed by atoms with van der Waals surface area (Å²) < 4.78 is 5.48. The fourth-order valence-corrected chi connectivity index (χ4v) is 6.07. The number of carbonyl (C=O) groups excluding carboxylic acids is 3. The third-order valence-electron chi connectivity index (χ3n) is 7.11. The standard InChI is InChI=1S/C27H29NO4/c1-14(2)13-20(27(31)32-15(3)4)28-25(29)23-21-16-9-5-6-10-17(16)22(24(23)26(28)30)19-12-8-7-11-18(19)21/h5-12,14-15,20-24H,13H2,1-4H3. The van der Waals surface area contributed by atoms with Crippen LogP contribution in [0.4, 0.5) is 0 Å². The van der Waals surface area contributed by atoms with Crippen molar-refractivity contribution in [3.05, 3.63) is 70.8 Å². The summed E-state index contributed by atoms with van der Waals surface area (Å²) in [5, 5.41) is 0. The largest absolute Gasteiger partial charge is 0.461 e. The number of imide groups is 1. The van der Waals surface area contributed by atoms with Crippen molar-refractivity contribution in [3.63, 3.8) is 0 Å². The first kappa shape index (κ1) is 20.9. The highest BCUT2D eigenvalue weighted by Crippen LogP contribution is 2.61. The molecule has 3 atom stereocenters. The fourth-order valence-electron chi connectivity index (χ4n) is 6.07. The Morgan fingerprint density at radius 3 is 1.56 bits per heavy atom. The van der Waals surface area contributed by atoms with Gasteiger partial charge < -0.3 is 4.74 Å². The number of rotatable bonds is 5. The zero-order valence-electron chi connectivity index (χ0n) is 18.9. The molecule has 6 rings (SSSR count). The number of ether oxygens (including phenoxy) is 1. The Balaban J connectivity index is 1.62. The van der Waals surface area contributed by atoms with Crippen molar-refractivity contribution < 1.29 is 19.1 Å². The molecule has 0 N–H and O–H groups in total. The Morgan fingerprint density at radius 1 is 0.812 bits per heavy atom. The molecule has 0 radical (unpaired) electrons. The van der Waals surface area contributed by atoms with Gasteiger partial charge in [-0.25, -0.2) is 4.79 Å². The van der Waals surface area contributed by atoms with E-state index in [4.69, 9.17) is 4.74 Å². The number of hydrogen-bond acceptors (Lipinski definition) is 4. The smallest absolute Gasteiger partial charge is 0.329 e. The summed E-state index contributed by atoms with van der Waals surface area (Å²) in [5.41, 5.74) is 4.52. The van der Waals surface area contributed by atoms with Crippen molar-refractivity contribution in [2.45, 2.75) is 58.1 Å². The van der Waals surface area contributed by atoms with Gasteiger partial charge in [0.2, 0.25) is 11.8 Å². The molecule has 4 aliphatic rings. The van der Waals surface area contributed by atoms with Crippen LogP contribution >= 0.6 is 0 Å². The lowest BCUT2D eigenvalue weighted by molar-refractivity contribution is -0.162. The predicted molar refractivity (Wildman–Crippen MR) is 120 cm³/mol. The fraction of sp³-hybridized carbons (Fsp3) is 0.444. The number of esters is 1. The number of carbonyl (C=O) groups is 3. The van der Waals surface area contributed by atoms with Crippen molar-refractivity contribution in [2.75, 3.05) is 0 Å². The van der Waals surface area contributed by atoms with E-state index in [0.29, 0.717) is 6.42 Å². The minimum atomic E-state index is -0.881. The average molecular weight is 432 g/mol. The number of likely N-dealkylation sites (tertiary alicyclic amines) is 1. The van der Waals surface area contributed by atoms with Crippen LogP contribution in [0.25, 0.3) is 0 Å². The van der Waals surface area contributed by atoms with Crippen LogP contribution in [0.1, 0.15) is 68.2 Å². The monoisotopic (exact) mass is 431 g/mol. The molecule has 2 amide bonds. The maximum Gasteiger partial charge on any atom is 0.329 e. The molecule has 0 spiro atoms. The Morgan fingerprint density at radius 2 is 1.22 bits per heavy atom. The first-order chi connectivity index (χ1) is 15.3. The molecule has 32 heavy (non-hydrogen) atoms. The molecule has 2 aromatic rings. The van der Waals surface area contributed by atoms with Crippen LogP contribution in [-0.4, -0.2) is 34.8 Å². The Bertz CT molecular complexity index is 989. The SMILES string of the molecule is CC(C)CC(C(=O)OC(C)C)N1C(=O)C2C3c4ccccc4C(c4ccccc43)C2C1=O. The van der Waals surface area contributed by atoms with Crippen molar-refractivity contribution >= 4 is 17.8 Å². The predicted octanol–water partition coefficient (Wildman–Crippen LogP) is 4.24. The molecule has 1 heterocycles. The Hall–Kier alpha value is -2.95. The van der Waals surface area contributed by atoms with E-state index in [-0.39, 0.29) is 35.7 Å². The first-order valence-corrected chi connectivity index (χ1v) is 11.6. The van der Waals surface area contributed by atoms with Gasteiger partial charge in [0.25, 0.3) is 0 Å². The van der Waals surface area contributed by atoms with Gasteiger partial charge in [0.05, 0.1) is 17.9 Å². The highest BCUT2D eigenvalue weighted by atomic mass is 16.5. The van der Waals surface area contributed by atoms with E-state index < -0.39 is 23.8 Å². The number of benzene rings is 2. The molecule has 3 unspecified atom stereocenters. The quantitative estimate of drug-likeness (QED) is 0.525. The van der Waals surface area contributed by atoms with Gasteiger partial charge in [-0.3, -0.25) is 14.5 Å². The number of nitrogens with zero attached hydrogens (tertiary/aromatic N) is 1. The van der Waals surface area contributed by atoms with Gasteiger partial charge in [-0.15, -0.1) is 0 Å². The van der Waals surface area contributed by atoms with Gasteiger partial charge in [0.1, 0.15) is 6.04 Å². The van der Waals surface area contributed by atoms with Crippen LogP contribution in [0.15, 0.2) is 48.5 Å². The highest BCUT2D eigenvalue weighted by molar-refractivity contribution is 6.10. The van der Waals surface area contributed by atoms with Gasteiger partial charge in [-0.2, -0.15) is 0 Å². The van der Waals surface area contributed by atoms with Gasteiger partial charge in [-0.05, 0) is 48.4 Å². The zero-order chi connectivity index (χ0) is 22.7. The number of hydrogen-bond donors (Lipinski definition) is 0. The van der Waals surface area contributed by atoms with Crippen molar-refractivity contribution in [1.82, 2.24) is 4.90 Å². The van der Waals surface area contributed by atoms with Crippen molar-refractivity contribution in [2.24, 2.45) is 17.8 Å². The molecule has 1 saturated heterocycles. The summed E-state index contributed by atoms with van der Waals surface area (Å²) in [6, 6.07) is 15.4. The second kappa shape index (κ2) is 7.58. The molecule has 0 saturated carbocycles. The third kappa shape index (κ3) is 2.94. The normalized spacial score (nSPS) is 26.2. The molecule has 2 bridgehead atoms. The summed E-state index contributed by atoms with van der Waals surface area (Å²) in [7, 11) is 0. The first-order valence-electron chi connectivity index (χ1n) is 11.6. The molecule has 5 heteroatoms. The lowest BCUT2D eigenvalue weighted by Gasteiger charge is -2.45. The molecule has 1 aliphatic heterocycles. The molecule has 166 valence electrons. The summed E-state index contributed by atoms with van der Waals surface area (Å²) in [6.07, 6.45) is 0.0921. The summed E-state index contributed by atoms with van der Waals surface area (Å²) in [5.74, 6) is -2.10. The molecule has 3 aliphatic carbocycles. The Kier molecular flexibility index (Phi) is 4.95. The molecule has 1 fully saturated rings. The zero-order valence-corrected chi connectivity index (χ0v) is 18.9. The minimum absolute atomic E-state index is 0.133. The van der Waals surface area contributed by atoms with Crippen molar-refractivity contribution in [3.8, 4) is 0 Å². The second-order valence-corrected chi connectivity index (χ2v) is 9.94. The molecule has 2 aromatic carbocycles. The molecular weight excluding hydrogens is 402 g/mol. The van der Waals surface area contributed by atoms with Crippen LogP contribution in [0.5, 0.6) is 0 Å². The maximum absolute atomic E-state index is 13.9. The third-order valence-corrected chi connectivity index (χ3v) is 7.11. The second-order valence-electron chi connectivity index (χ2n) is 9.94. The van der Waals surface area contributed by atoms with Gasteiger partial charge in [0.15, 0.2) is 0 Å². The van der Waals surface area contributed by atoms with Gasteiger partial charge in [-0.1, -0.05) is 62.4 Å². The van der Waals surface area contributed by atoms with E-state index in [9.17, 15) is 14.4 Å². The summed E-state index contributed by atoms with van der Waals surface area (Å²) >= 11 is 0. The lowest BCUT2D eigenvalue weighted by Crippen LogP contribution is -2.47. The van der Waals surface area contributed by atoms with E-state index in [1.54, 1.807) is 13.8 Å². The van der Waals surface area contributed by atoms with Crippen LogP contribution in [-0.2, 0) is 19.1 Å². The number of amides is 2. The summed E-state index contributed by atoms with van der Waals surface area (Å²) in [6.45, 7) is 7.54. The van der Waals surface area contributed by atoms with Gasteiger partial charge >= 0.3 is 5.97 Å². The minimum Gasteiger partial charge on any atom is -0.461 e. The van der Waals surface area contributed by atoms with E-state index in [0.717, 1.165) is 22.3 Å². The highest BCUT2D eigenvalue weighted by Gasteiger charge is 2.63. The molecule has 0 aromatic heterocycles. The van der Waals surface area contributed by atoms with Crippen LogP contribution in [0.2, 0.25) is 0 Å². The maximum atomic E-state index is 13.9. The average Bonchev–Trinajstić information content (AvgIpc) is 3.02. The van der Waals surface area contributed by atoms with Gasteiger partial charge in [0, 0.05) is 11.8 Å². The molecular formula is C27H29NO4. The Labute approximate surface area is 188 Å². The molecule has 5 nitrogen and oxygen atoms in total. The lowest BCUT2D eigenvalue weighted by atomic mass is 9.55. The van der Waals surface area contributed by atoms with E-state index in [1.165, 1.54) is 4.90 Å². The topological polar surface area (TPSA) is 63.7 Å². The van der Waals surface area contributed by atoms with Crippen LogP contribution in [0, 0.1) is 17.8 Å². The van der Waals surface area contributed by atoms with Crippen LogP contribution in [0.3, 0.4) is 0 Å². The van der Waals surface area contributed by atoms with Crippen molar-refractivity contribution in [1.29, 1.82) is 0 Å². The van der Waals surface area contributed by atoms with E-state index >= 15 is 0 Å².